The minimum Gasteiger partial charge on any atom is -0.394 e. The molecule has 17 nitrogen and oxygen atoms in total. The lowest BCUT2D eigenvalue weighted by molar-refractivity contribution is -0.333. The van der Waals surface area contributed by atoms with Crippen LogP contribution in [0.3, 0.4) is 0 Å². The van der Waals surface area contributed by atoms with Crippen molar-refractivity contribution in [1.82, 2.24) is 0 Å². The third kappa shape index (κ3) is 6.41. The molecule has 11 N–H and O–H groups in total. The quantitative estimate of drug-likeness (QED) is 0.104. The van der Waals surface area contributed by atoms with Gasteiger partial charge in [-0.15, -0.1) is 0 Å². The highest BCUT2D eigenvalue weighted by Crippen LogP contribution is 2.26. The van der Waals surface area contributed by atoms with Crippen LogP contribution in [0.25, 0.3) is 0 Å². The molecule has 0 aromatic heterocycles. The molecule has 0 aromatic rings. The highest BCUT2D eigenvalue weighted by atomic mass is 16.7. The Bertz CT molecular complexity index is 709. The van der Waals surface area contributed by atoms with Gasteiger partial charge >= 0.3 is 0 Å². The Hall–Kier alpha value is -1.26. The number of carbonyl (C=O) groups is 2. The van der Waals surface area contributed by atoms with Crippen LogP contribution in [0.5, 0.6) is 0 Å². The highest BCUT2D eigenvalue weighted by Gasteiger charge is 2.50. The maximum atomic E-state index is 11.2. The Kier molecular flexibility index (Phi) is 11.2. The van der Waals surface area contributed by atoms with E-state index >= 15 is 0 Å². The number of rotatable bonds is 12. The number of aldehydes is 2. The van der Waals surface area contributed by atoms with Crippen molar-refractivity contribution >= 4 is 12.6 Å². The van der Waals surface area contributed by atoms with Gasteiger partial charge in [-0.3, -0.25) is 4.79 Å². The molecule has 0 unspecified atom stereocenters. The minimum absolute atomic E-state index is 0.196. The third-order valence-corrected chi connectivity index (χ3v) is 6.02. The van der Waals surface area contributed by atoms with Crippen molar-refractivity contribution < 1.29 is 84.7 Å². The number of carbonyl (C=O) groups excluding carboxylic acids is 2. The summed E-state index contributed by atoms with van der Waals surface area (Å²) >= 11 is 0. The van der Waals surface area contributed by atoms with Crippen LogP contribution in [0.15, 0.2) is 0 Å². The number of ether oxygens (including phenoxy) is 4. The van der Waals surface area contributed by atoms with Crippen LogP contribution in [-0.2, 0) is 28.5 Å². The van der Waals surface area contributed by atoms with Crippen molar-refractivity contribution in [2.75, 3.05) is 19.8 Å². The molecule has 0 bridgehead atoms. The zero-order valence-corrected chi connectivity index (χ0v) is 18.7. The third-order valence-electron chi connectivity index (χ3n) is 6.02. The zero-order valence-electron chi connectivity index (χ0n) is 18.7. The molecule has 2 aliphatic rings. The first-order valence-electron chi connectivity index (χ1n) is 10.8. The van der Waals surface area contributed by atoms with Crippen LogP contribution in [0, 0.1) is 0 Å². The second-order valence-corrected chi connectivity index (χ2v) is 8.47. The lowest BCUT2D eigenvalue weighted by Gasteiger charge is -2.43. The zero-order chi connectivity index (χ0) is 27.4. The van der Waals surface area contributed by atoms with Gasteiger partial charge in [-0.05, 0) is 0 Å². The summed E-state index contributed by atoms with van der Waals surface area (Å²) in [7, 11) is 0. The molecule has 0 radical (unpaired) electrons. The van der Waals surface area contributed by atoms with Crippen molar-refractivity contribution in [2.24, 2.45) is 0 Å². The van der Waals surface area contributed by atoms with Crippen LogP contribution in [0.2, 0.25) is 0 Å². The smallest absolute Gasteiger partial charge is 0.186 e. The average Bonchev–Trinajstić information content (AvgIpc) is 2.88. The SMILES string of the molecule is O=C[C@H](O)[C@H](O)[C@@](O)(C=O)[C@H](O)CO[C@H]1O[C@H](CO[C@H]2O[C@H](CO)[C@@H](O)[C@H](O)[C@H]2O)[C@@H](O)[C@H](O)[C@H]1O. The summed E-state index contributed by atoms with van der Waals surface area (Å²) in [5, 5.41) is 109. The molecule has 14 atom stereocenters. The molecular formula is C19H32O17. The van der Waals surface area contributed by atoms with E-state index in [1.54, 1.807) is 0 Å². The highest BCUT2D eigenvalue weighted by molar-refractivity contribution is 5.68. The first-order chi connectivity index (χ1) is 16.8. The van der Waals surface area contributed by atoms with Gasteiger partial charge in [0, 0.05) is 0 Å². The van der Waals surface area contributed by atoms with E-state index in [-0.39, 0.29) is 12.6 Å². The fourth-order valence-corrected chi connectivity index (χ4v) is 3.60. The molecule has 2 heterocycles. The molecule has 0 aliphatic carbocycles. The first kappa shape index (κ1) is 31.0. The summed E-state index contributed by atoms with van der Waals surface area (Å²) in [5.74, 6) is 0. The summed E-state index contributed by atoms with van der Waals surface area (Å²) < 4.78 is 20.7. The fourth-order valence-electron chi connectivity index (χ4n) is 3.60. The number of aliphatic hydroxyl groups is 11. The van der Waals surface area contributed by atoms with Crippen molar-refractivity contribution in [1.29, 1.82) is 0 Å². The Morgan fingerprint density at radius 2 is 1.28 bits per heavy atom. The molecule has 17 heteroatoms. The molecule has 2 fully saturated rings. The lowest BCUT2D eigenvalue weighted by Crippen LogP contribution is -2.63. The minimum atomic E-state index is -3.08. The maximum Gasteiger partial charge on any atom is 0.186 e. The summed E-state index contributed by atoms with van der Waals surface area (Å²) in [6.45, 7) is -2.45. The second kappa shape index (κ2) is 13.0. The number of aliphatic hydroxyl groups excluding tert-OH is 10. The van der Waals surface area contributed by atoms with Crippen LogP contribution < -0.4 is 0 Å². The Morgan fingerprint density at radius 1 is 0.778 bits per heavy atom. The van der Waals surface area contributed by atoms with E-state index in [0.29, 0.717) is 0 Å². The van der Waals surface area contributed by atoms with Crippen LogP contribution >= 0.6 is 0 Å². The van der Waals surface area contributed by atoms with Gasteiger partial charge in [-0.25, -0.2) is 0 Å². The van der Waals surface area contributed by atoms with E-state index in [2.05, 4.69) is 0 Å². The second-order valence-electron chi connectivity index (χ2n) is 8.47. The Balaban J connectivity index is 2.03. The van der Waals surface area contributed by atoms with E-state index in [0.717, 1.165) is 0 Å². The maximum absolute atomic E-state index is 11.2. The van der Waals surface area contributed by atoms with E-state index < -0.39 is 105 Å². The number of hydrogen-bond donors (Lipinski definition) is 11. The van der Waals surface area contributed by atoms with Crippen molar-refractivity contribution in [3.05, 3.63) is 0 Å². The van der Waals surface area contributed by atoms with E-state index in [9.17, 15) is 65.8 Å². The largest absolute Gasteiger partial charge is 0.394 e. The molecular weight excluding hydrogens is 500 g/mol. The monoisotopic (exact) mass is 532 g/mol. The Morgan fingerprint density at radius 3 is 1.78 bits per heavy atom. The lowest BCUT2D eigenvalue weighted by atomic mass is 9.89. The van der Waals surface area contributed by atoms with Crippen LogP contribution in [0.4, 0.5) is 0 Å². The van der Waals surface area contributed by atoms with Gasteiger partial charge in [0.2, 0.25) is 0 Å². The predicted molar refractivity (Wildman–Crippen MR) is 107 cm³/mol. The van der Waals surface area contributed by atoms with Gasteiger partial charge in [-0.1, -0.05) is 0 Å². The van der Waals surface area contributed by atoms with E-state index in [1.807, 2.05) is 0 Å². The average molecular weight is 532 g/mol. The summed E-state index contributed by atoms with van der Waals surface area (Å²) in [6, 6.07) is 0. The van der Waals surface area contributed by atoms with Gasteiger partial charge in [0.25, 0.3) is 0 Å². The standard InChI is InChI=1S/C19H32O17/c20-1-6(23)16(31)19(32,5-22)9(24)4-34-18-15(30)13(28)11(26)8(36-18)3-33-17-14(29)12(27)10(25)7(2-21)35-17/h1,5-18,21,23-32H,2-4H2/t6-,7+,8+,9+,10+,11+,12-,13-,14+,15+,16-,17-,18-,19+/m0/s1. The van der Waals surface area contributed by atoms with Crippen molar-refractivity contribution in [3.63, 3.8) is 0 Å². The van der Waals surface area contributed by atoms with E-state index in [4.69, 9.17) is 18.9 Å². The number of hydrogen-bond acceptors (Lipinski definition) is 17. The normalized spacial score (nSPS) is 41.6. The molecule has 36 heavy (non-hydrogen) atoms. The van der Waals surface area contributed by atoms with Gasteiger partial charge in [0.1, 0.15) is 67.1 Å². The molecule has 0 amide bonds. The first-order valence-corrected chi connectivity index (χ1v) is 10.8. The molecule has 0 spiro atoms. The van der Waals surface area contributed by atoms with E-state index in [1.165, 1.54) is 0 Å². The topological polar surface area (TPSA) is 294 Å². The Labute approximate surface area is 203 Å². The predicted octanol–water partition coefficient (Wildman–Crippen LogP) is -8.16. The summed E-state index contributed by atoms with van der Waals surface area (Å²) in [4.78, 5) is 21.9. The van der Waals surface area contributed by atoms with Gasteiger partial charge in [-0.2, -0.15) is 0 Å². The van der Waals surface area contributed by atoms with Crippen LogP contribution in [0.1, 0.15) is 0 Å². The van der Waals surface area contributed by atoms with Gasteiger partial charge in [0.05, 0.1) is 19.8 Å². The van der Waals surface area contributed by atoms with Gasteiger partial charge in [0.15, 0.2) is 30.8 Å². The summed E-state index contributed by atoms with van der Waals surface area (Å²) in [6.07, 6.45) is -24.6. The van der Waals surface area contributed by atoms with Crippen molar-refractivity contribution in [3.8, 4) is 0 Å². The summed E-state index contributed by atoms with van der Waals surface area (Å²) in [5.41, 5.74) is -3.08. The molecule has 2 saturated heterocycles. The van der Waals surface area contributed by atoms with Crippen LogP contribution in [-0.4, -0.2) is 174 Å². The molecule has 2 rings (SSSR count). The van der Waals surface area contributed by atoms with Gasteiger partial charge < -0.3 is 79.9 Å². The molecule has 0 aromatic carbocycles. The molecule has 0 saturated carbocycles. The van der Waals surface area contributed by atoms with Crippen molar-refractivity contribution in [2.45, 2.75) is 85.3 Å². The molecule has 210 valence electrons. The molecule has 2 aliphatic heterocycles. The fraction of sp³-hybridized carbons (Fsp3) is 0.895.